The Hall–Kier alpha value is -2.39. The molecule has 6 heteroatoms. The van der Waals surface area contributed by atoms with Gasteiger partial charge in [-0.05, 0) is 0 Å². The van der Waals surface area contributed by atoms with E-state index < -0.39 is 24.7 Å². The average molecular weight is 346 g/mol. The molecule has 0 aliphatic heterocycles. The molecule has 1 atom stereocenters. The molecule has 126 valence electrons. The highest BCUT2D eigenvalue weighted by atomic mass is 31.2. The van der Waals surface area contributed by atoms with E-state index in [1.807, 2.05) is 0 Å². The topological polar surface area (TPSA) is 69.7 Å². The predicted molar refractivity (Wildman–Crippen MR) is 92.2 cm³/mol. The molecule has 0 amide bonds. The Morgan fingerprint density at radius 3 is 1.71 bits per heavy atom. The van der Waals surface area contributed by atoms with Gasteiger partial charge in [0.25, 0.3) is 0 Å². The fourth-order valence-electron chi connectivity index (χ4n) is 2.55. The van der Waals surface area contributed by atoms with Gasteiger partial charge in [0, 0.05) is 10.6 Å². The van der Waals surface area contributed by atoms with Gasteiger partial charge in [0.2, 0.25) is 0 Å². The van der Waals surface area contributed by atoms with Crippen molar-refractivity contribution in [2.75, 3.05) is 14.2 Å². The summed E-state index contributed by atoms with van der Waals surface area (Å²) in [6, 6.07) is 17.4. The van der Waals surface area contributed by atoms with Crippen LogP contribution in [-0.2, 0) is 23.6 Å². The quantitative estimate of drug-likeness (QED) is 0.592. The third-order valence-corrected chi connectivity index (χ3v) is 7.18. The maximum absolute atomic E-state index is 14.1. The number of rotatable bonds is 6. The number of carbonyl (C=O) groups excluding carboxylic acids is 2. The van der Waals surface area contributed by atoms with Crippen molar-refractivity contribution in [3.05, 3.63) is 60.7 Å². The number of methoxy groups -OCH3 is 2. The minimum absolute atomic E-state index is 0.315. The highest BCUT2D eigenvalue weighted by Crippen LogP contribution is 2.50. The molecule has 5 nitrogen and oxygen atoms in total. The molecule has 0 saturated carbocycles. The van der Waals surface area contributed by atoms with Crippen molar-refractivity contribution >= 4 is 29.7 Å². The van der Waals surface area contributed by atoms with E-state index in [1.165, 1.54) is 14.2 Å². The minimum atomic E-state index is -3.45. The standard InChI is InChI=1S/C18H19O5P/c1-22-17(19)13-16(18(20)23-2)24(21,14-9-5-3-6-10-14)15-11-7-4-8-12-15/h3-12,16H,13H2,1-2H3. The second-order valence-electron chi connectivity index (χ2n) is 5.15. The van der Waals surface area contributed by atoms with Crippen LogP contribution in [0.1, 0.15) is 6.42 Å². The molecule has 0 aromatic heterocycles. The summed E-state index contributed by atoms with van der Waals surface area (Å²) in [4.78, 5) is 24.2. The molecule has 0 heterocycles. The van der Waals surface area contributed by atoms with Gasteiger partial charge < -0.3 is 14.0 Å². The van der Waals surface area contributed by atoms with Gasteiger partial charge in [0.15, 0.2) is 7.14 Å². The Labute approximate surface area is 141 Å². The van der Waals surface area contributed by atoms with Crippen LogP contribution in [0.15, 0.2) is 60.7 Å². The Morgan fingerprint density at radius 2 is 1.33 bits per heavy atom. The van der Waals surface area contributed by atoms with Gasteiger partial charge in [0.05, 0.1) is 20.6 Å². The number of carbonyl (C=O) groups is 2. The van der Waals surface area contributed by atoms with Gasteiger partial charge in [-0.15, -0.1) is 0 Å². The molecule has 0 radical (unpaired) electrons. The molecule has 0 aliphatic carbocycles. The first kappa shape index (κ1) is 18.0. The Kier molecular flexibility index (Phi) is 5.93. The maximum Gasteiger partial charge on any atom is 0.317 e. The SMILES string of the molecule is COC(=O)CC(C(=O)OC)P(=O)(c1ccccc1)c1ccccc1. The van der Waals surface area contributed by atoms with Crippen molar-refractivity contribution in [3.63, 3.8) is 0 Å². The smallest absolute Gasteiger partial charge is 0.317 e. The van der Waals surface area contributed by atoms with Crippen molar-refractivity contribution in [2.45, 2.75) is 12.1 Å². The van der Waals surface area contributed by atoms with Gasteiger partial charge in [-0.2, -0.15) is 0 Å². The lowest BCUT2D eigenvalue weighted by atomic mass is 10.3. The van der Waals surface area contributed by atoms with Crippen molar-refractivity contribution in [1.29, 1.82) is 0 Å². The van der Waals surface area contributed by atoms with Gasteiger partial charge in [-0.25, -0.2) is 0 Å². The first-order valence-corrected chi connectivity index (χ1v) is 9.17. The highest BCUT2D eigenvalue weighted by Gasteiger charge is 2.43. The lowest BCUT2D eigenvalue weighted by Gasteiger charge is -2.26. The van der Waals surface area contributed by atoms with Crippen molar-refractivity contribution in [1.82, 2.24) is 0 Å². The predicted octanol–water partition coefficient (Wildman–Crippen LogP) is 2.11. The highest BCUT2D eigenvalue weighted by molar-refractivity contribution is 7.80. The fourth-order valence-corrected chi connectivity index (χ4v) is 5.60. The van der Waals surface area contributed by atoms with Gasteiger partial charge >= 0.3 is 11.9 Å². The monoisotopic (exact) mass is 346 g/mol. The molecule has 0 fully saturated rings. The zero-order valence-electron chi connectivity index (χ0n) is 13.5. The summed E-state index contributed by atoms with van der Waals surface area (Å²) in [5.74, 6) is -1.31. The van der Waals surface area contributed by atoms with E-state index >= 15 is 0 Å². The minimum Gasteiger partial charge on any atom is -0.469 e. The number of esters is 2. The second kappa shape index (κ2) is 7.93. The van der Waals surface area contributed by atoms with E-state index in [-0.39, 0.29) is 6.42 Å². The summed E-state index contributed by atoms with van der Waals surface area (Å²) in [6.07, 6.45) is -0.315. The average Bonchev–Trinajstić information content (AvgIpc) is 2.66. The second-order valence-corrected chi connectivity index (χ2v) is 8.12. The van der Waals surface area contributed by atoms with Crippen LogP contribution in [0.4, 0.5) is 0 Å². The van der Waals surface area contributed by atoms with Crippen molar-refractivity contribution in [3.8, 4) is 0 Å². The first-order chi connectivity index (χ1) is 11.5. The van der Waals surface area contributed by atoms with Gasteiger partial charge in [0.1, 0.15) is 5.66 Å². The number of ether oxygens (including phenoxy) is 2. The Bertz CT molecular complexity index is 699. The number of hydrogen-bond donors (Lipinski definition) is 0. The van der Waals surface area contributed by atoms with E-state index in [1.54, 1.807) is 60.7 Å². The Morgan fingerprint density at radius 1 is 0.875 bits per heavy atom. The molecular formula is C18H19O5P. The largest absolute Gasteiger partial charge is 0.469 e. The summed E-state index contributed by atoms with van der Waals surface area (Å²) in [6.45, 7) is 0. The summed E-state index contributed by atoms with van der Waals surface area (Å²) >= 11 is 0. The van der Waals surface area contributed by atoms with Crippen molar-refractivity contribution in [2.24, 2.45) is 0 Å². The first-order valence-electron chi connectivity index (χ1n) is 7.39. The molecule has 1 unspecified atom stereocenters. The van der Waals surface area contributed by atoms with E-state index in [2.05, 4.69) is 4.74 Å². The molecule has 0 bridgehead atoms. The molecule has 2 aromatic carbocycles. The van der Waals surface area contributed by atoms with Crippen LogP contribution in [0.5, 0.6) is 0 Å². The fraction of sp³-hybridized carbons (Fsp3) is 0.222. The third kappa shape index (κ3) is 3.57. The molecular weight excluding hydrogens is 327 g/mol. The molecule has 2 aromatic rings. The van der Waals surface area contributed by atoms with E-state index in [4.69, 9.17) is 4.74 Å². The van der Waals surface area contributed by atoms with E-state index in [0.717, 1.165) is 0 Å². The molecule has 2 rings (SSSR count). The summed E-state index contributed by atoms with van der Waals surface area (Å²) in [5, 5.41) is 0.992. The van der Waals surface area contributed by atoms with E-state index in [9.17, 15) is 14.2 Å². The van der Waals surface area contributed by atoms with E-state index in [0.29, 0.717) is 10.6 Å². The molecule has 0 N–H and O–H groups in total. The molecule has 24 heavy (non-hydrogen) atoms. The third-order valence-electron chi connectivity index (χ3n) is 3.78. The van der Waals surface area contributed by atoms with Crippen LogP contribution in [0.3, 0.4) is 0 Å². The van der Waals surface area contributed by atoms with Crippen LogP contribution in [0.2, 0.25) is 0 Å². The summed E-state index contributed by atoms with van der Waals surface area (Å²) in [5.41, 5.74) is -1.14. The number of benzene rings is 2. The zero-order valence-corrected chi connectivity index (χ0v) is 14.4. The van der Waals surface area contributed by atoms with Crippen LogP contribution >= 0.6 is 7.14 Å². The summed E-state index contributed by atoms with van der Waals surface area (Å²) < 4.78 is 23.6. The van der Waals surface area contributed by atoms with Crippen LogP contribution in [-0.4, -0.2) is 31.8 Å². The normalized spacial score (nSPS) is 12.2. The summed E-state index contributed by atoms with van der Waals surface area (Å²) in [7, 11) is -1.01. The lowest BCUT2D eigenvalue weighted by molar-refractivity contribution is -0.146. The van der Waals surface area contributed by atoms with Crippen molar-refractivity contribution < 1.29 is 23.6 Å². The maximum atomic E-state index is 14.1. The number of hydrogen-bond acceptors (Lipinski definition) is 5. The molecule has 0 spiro atoms. The lowest BCUT2D eigenvalue weighted by Crippen LogP contribution is -2.34. The van der Waals surface area contributed by atoms with Crippen LogP contribution in [0.25, 0.3) is 0 Å². The van der Waals surface area contributed by atoms with Gasteiger partial charge in [-0.1, -0.05) is 60.7 Å². The zero-order chi connectivity index (χ0) is 17.6. The Balaban J connectivity index is 2.65. The van der Waals surface area contributed by atoms with Crippen LogP contribution in [0, 0.1) is 0 Å². The molecule has 0 saturated heterocycles. The van der Waals surface area contributed by atoms with Gasteiger partial charge in [-0.3, -0.25) is 9.59 Å². The molecule has 0 aliphatic rings. The van der Waals surface area contributed by atoms with Crippen LogP contribution < -0.4 is 10.6 Å².